The van der Waals surface area contributed by atoms with Crippen molar-refractivity contribution in [2.24, 2.45) is 0 Å². The molecule has 70 valence electrons. The summed E-state index contributed by atoms with van der Waals surface area (Å²) in [6, 6.07) is 3.15. The molecule has 0 amide bonds. The Balaban J connectivity index is 3.20. The van der Waals surface area contributed by atoms with Crippen LogP contribution in [-0.4, -0.2) is 16.5 Å². The van der Waals surface area contributed by atoms with E-state index in [1.54, 1.807) is 6.07 Å². The molecule has 1 aromatic rings. The zero-order chi connectivity index (χ0) is 9.84. The number of phenolic OH excluding ortho intramolecular Hbond substituents is 2. The monoisotopic (exact) mass is 180 g/mol. The van der Waals surface area contributed by atoms with E-state index < -0.39 is 0 Å². The van der Waals surface area contributed by atoms with E-state index in [-0.39, 0.29) is 17.9 Å². The van der Waals surface area contributed by atoms with Crippen LogP contribution in [0, 0.1) is 0 Å². The smallest absolute Gasteiger partial charge is 0.126 e. The van der Waals surface area contributed by atoms with Crippen molar-refractivity contribution in [3.63, 3.8) is 0 Å². The van der Waals surface area contributed by atoms with Crippen molar-refractivity contribution in [3.05, 3.63) is 23.3 Å². The van der Waals surface area contributed by atoms with Crippen LogP contribution in [0.3, 0.4) is 0 Å². The highest BCUT2D eigenvalue weighted by molar-refractivity contribution is 5.62. The molecule has 1 aromatic carbocycles. The molecule has 0 spiro atoms. The lowest BCUT2D eigenvalue weighted by Gasteiger charge is -2.07. The number of carbonyl (C=O) groups is 1. The summed E-state index contributed by atoms with van der Waals surface area (Å²) in [6.45, 7) is 1.90. The third-order valence-electron chi connectivity index (χ3n) is 2.01. The molecule has 0 fully saturated rings. The second kappa shape index (κ2) is 3.94. The highest BCUT2D eigenvalue weighted by Gasteiger charge is 2.09. The first kappa shape index (κ1) is 9.58. The largest absolute Gasteiger partial charge is 0.508 e. The van der Waals surface area contributed by atoms with Crippen LogP contribution in [0.4, 0.5) is 0 Å². The number of benzene rings is 1. The van der Waals surface area contributed by atoms with Gasteiger partial charge in [0.05, 0.1) is 0 Å². The van der Waals surface area contributed by atoms with Crippen molar-refractivity contribution in [3.8, 4) is 11.5 Å². The number of carbonyl (C=O) groups excluding carboxylic acids is 1. The van der Waals surface area contributed by atoms with Gasteiger partial charge >= 0.3 is 0 Å². The first-order valence-electron chi connectivity index (χ1n) is 4.17. The number of aryl methyl sites for hydroxylation is 1. The van der Waals surface area contributed by atoms with Gasteiger partial charge in [0, 0.05) is 12.0 Å². The molecule has 0 saturated carbocycles. The Morgan fingerprint density at radius 1 is 1.38 bits per heavy atom. The Kier molecular flexibility index (Phi) is 2.90. The van der Waals surface area contributed by atoms with Crippen LogP contribution in [-0.2, 0) is 17.6 Å². The van der Waals surface area contributed by atoms with Gasteiger partial charge in [-0.15, -0.1) is 0 Å². The maximum absolute atomic E-state index is 10.3. The summed E-state index contributed by atoms with van der Waals surface area (Å²) in [7, 11) is 0. The predicted octanol–water partition coefficient (Wildman–Crippen LogP) is 1.40. The molecule has 0 aliphatic rings. The van der Waals surface area contributed by atoms with Gasteiger partial charge in [0.15, 0.2) is 0 Å². The molecular formula is C10H12O3. The molecule has 0 atom stereocenters. The number of aldehydes is 1. The molecule has 0 aliphatic heterocycles. The molecule has 0 bridgehead atoms. The molecule has 0 radical (unpaired) electrons. The van der Waals surface area contributed by atoms with Gasteiger partial charge in [-0.3, -0.25) is 0 Å². The predicted molar refractivity (Wildman–Crippen MR) is 48.9 cm³/mol. The fourth-order valence-corrected chi connectivity index (χ4v) is 1.24. The highest BCUT2D eigenvalue weighted by atomic mass is 16.3. The molecule has 0 saturated heterocycles. The van der Waals surface area contributed by atoms with Crippen LogP contribution in [0.25, 0.3) is 0 Å². The molecule has 0 aliphatic carbocycles. The third kappa shape index (κ3) is 1.80. The Bertz CT molecular complexity index is 318. The van der Waals surface area contributed by atoms with Crippen LogP contribution < -0.4 is 0 Å². The SMILES string of the molecule is CCc1ccc(O)c(CC=O)c1O. The van der Waals surface area contributed by atoms with Crippen molar-refractivity contribution < 1.29 is 15.0 Å². The number of aromatic hydroxyl groups is 2. The second-order valence-electron chi connectivity index (χ2n) is 2.80. The summed E-state index contributed by atoms with van der Waals surface area (Å²) < 4.78 is 0. The number of hydrogen-bond donors (Lipinski definition) is 2. The van der Waals surface area contributed by atoms with Gasteiger partial charge in [-0.05, 0) is 18.1 Å². The molecule has 0 aromatic heterocycles. The molecule has 2 N–H and O–H groups in total. The van der Waals surface area contributed by atoms with Crippen molar-refractivity contribution in [1.29, 1.82) is 0 Å². The molecule has 3 heteroatoms. The zero-order valence-corrected chi connectivity index (χ0v) is 7.45. The Hall–Kier alpha value is -1.51. The lowest BCUT2D eigenvalue weighted by atomic mass is 10.0. The van der Waals surface area contributed by atoms with Gasteiger partial charge < -0.3 is 15.0 Å². The van der Waals surface area contributed by atoms with E-state index in [4.69, 9.17) is 0 Å². The minimum atomic E-state index is -0.0261. The molecule has 0 unspecified atom stereocenters. The summed E-state index contributed by atoms with van der Waals surface area (Å²) in [5.74, 6) is 0.0106. The van der Waals surface area contributed by atoms with Gasteiger partial charge in [0.2, 0.25) is 0 Å². The van der Waals surface area contributed by atoms with E-state index in [0.717, 1.165) is 5.56 Å². The van der Waals surface area contributed by atoms with Crippen LogP contribution >= 0.6 is 0 Å². The van der Waals surface area contributed by atoms with Crippen LogP contribution in [0.1, 0.15) is 18.1 Å². The van der Waals surface area contributed by atoms with E-state index in [2.05, 4.69) is 0 Å². The Morgan fingerprint density at radius 3 is 2.62 bits per heavy atom. The third-order valence-corrected chi connectivity index (χ3v) is 2.01. The minimum absolute atomic E-state index is 0.0261. The van der Waals surface area contributed by atoms with E-state index in [9.17, 15) is 15.0 Å². The normalized spacial score (nSPS) is 9.92. The van der Waals surface area contributed by atoms with Crippen molar-refractivity contribution in [2.75, 3.05) is 0 Å². The summed E-state index contributed by atoms with van der Waals surface area (Å²) in [5, 5.41) is 18.9. The van der Waals surface area contributed by atoms with Crippen LogP contribution in [0.15, 0.2) is 12.1 Å². The van der Waals surface area contributed by atoms with Crippen molar-refractivity contribution in [2.45, 2.75) is 19.8 Å². The molecule has 13 heavy (non-hydrogen) atoms. The van der Waals surface area contributed by atoms with Gasteiger partial charge in [-0.1, -0.05) is 13.0 Å². The number of rotatable bonds is 3. The zero-order valence-electron chi connectivity index (χ0n) is 7.45. The molecule has 0 heterocycles. The van der Waals surface area contributed by atoms with Gasteiger partial charge in [0.1, 0.15) is 17.8 Å². The Labute approximate surface area is 76.6 Å². The lowest BCUT2D eigenvalue weighted by molar-refractivity contribution is -0.107. The van der Waals surface area contributed by atoms with Crippen molar-refractivity contribution >= 4 is 6.29 Å². The molecular weight excluding hydrogens is 168 g/mol. The minimum Gasteiger partial charge on any atom is -0.508 e. The Morgan fingerprint density at radius 2 is 2.08 bits per heavy atom. The standard InChI is InChI=1S/C10H12O3/c1-2-7-3-4-9(12)8(5-6-11)10(7)13/h3-4,6,12-13H,2,5H2,1H3. The number of hydrogen-bond acceptors (Lipinski definition) is 3. The fraction of sp³-hybridized carbons (Fsp3) is 0.300. The summed E-state index contributed by atoms with van der Waals surface area (Å²) in [6.07, 6.45) is 1.39. The number of phenols is 2. The van der Waals surface area contributed by atoms with Crippen LogP contribution in [0.2, 0.25) is 0 Å². The lowest BCUT2D eigenvalue weighted by Crippen LogP contribution is -1.91. The maximum atomic E-state index is 10.3. The molecule has 1 rings (SSSR count). The van der Waals surface area contributed by atoms with E-state index in [1.165, 1.54) is 6.07 Å². The van der Waals surface area contributed by atoms with Crippen LogP contribution in [0.5, 0.6) is 11.5 Å². The van der Waals surface area contributed by atoms with Gasteiger partial charge in [0.25, 0.3) is 0 Å². The quantitative estimate of drug-likeness (QED) is 0.691. The van der Waals surface area contributed by atoms with E-state index in [1.807, 2.05) is 6.92 Å². The fourth-order valence-electron chi connectivity index (χ4n) is 1.24. The van der Waals surface area contributed by atoms with E-state index in [0.29, 0.717) is 18.3 Å². The van der Waals surface area contributed by atoms with Crippen molar-refractivity contribution in [1.82, 2.24) is 0 Å². The summed E-state index contributed by atoms with van der Waals surface area (Å²) in [5.41, 5.74) is 1.06. The average Bonchev–Trinajstić information content (AvgIpc) is 2.12. The second-order valence-corrected chi connectivity index (χ2v) is 2.80. The average molecular weight is 180 g/mol. The highest BCUT2D eigenvalue weighted by Crippen LogP contribution is 2.30. The maximum Gasteiger partial charge on any atom is 0.126 e. The molecule has 3 nitrogen and oxygen atoms in total. The van der Waals surface area contributed by atoms with E-state index >= 15 is 0 Å². The van der Waals surface area contributed by atoms with Gasteiger partial charge in [-0.25, -0.2) is 0 Å². The summed E-state index contributed by atoms with van der Waals surface area (Å²) >= 11 is 0. The first-order chi connectivity index (χ1) is 6.20. The first-order valence-corrected chi connectivity index (χ1v) is 4.17. The van der Waals surface area contributed by atoms with Gasteiger partial charge in [-0.2, -0.15) is 0 Å². The summed E-state index contributed by atoms with van der Waals surface area (Å²) in [4.78, 5) is 10.3. The topological polar surface area (TPSA) is 57.5 Å².